The van der Waals surface area contributed by atoms with Gasteiger partial charge in [0, 0.05) is 10.7 Å². The van der Waals surface area contributed by atoms with E-state index in [1.807, 2.05) is 36.4 Å². The van der Waals surface area contributed by atoms with Crippen molar-refractivity contribution in [1.82, 2.24) is 5.43 Å². The van der Waals surface area contributed by atoms with E-state index in [2.05, 4.69) is 34.9 Å². The first-order valence-corrected chi connectivity index (χ1v) is 9.56. The van der Waals surface area contributed by atoms with E-state index in [0.717, 1.165) is 22.6 Å². The van der Waals surface area contributed by atoms with E-state index in [1.54, 1.807) is 30.5 Å². The second-order valence-corrected chi connectivity index (χ2v) is 6.94. The average molecular weight is 408 g/mol. The fourth-order valence-electron chi connectivity index (χ4n) is 2.50. The topological polar surface area (TPSA) is 62.7 Å². The molecule has 0 aliphatic rings. The van der Waals surface area contributed by atoms with Crippen molar-refractivity contribution in [2.24, 2.45) is 5.10 Å². The minimum absolute atomic E-state index is 0.110. The van der Waals surface area contributed by atoms with Crippen LogP contribution in [0.1, 0.15) is 16.7 Å². The quantitative estimate of drug-likeness (QED) is 0.417. The van der Waals surface area contributed by atoms with E-state index in [9.17, 15) is 4.79 Å². The van der Waals surface area contributed by atoms with Crippen LogP contribution in [0.15, 0.2) is 77.9 Å². The molecule has 6 heteroatoms. The van der Waals surface area contributed by atoms with Gasteiger partial charge >= 0.3 is 0 Å². The molecule has 0 aliphatic heterocycles. The Morgan fingerprint density at radius 2 is 1.83 bits per heavy atom. The second kappa shape index (κ2) is 10.3. The molecule has 5 nitrogen and oxygen atoms in total. The van der Waals surface area contributed by atoms with Gasteiger partial charge in [-0.1, -0.05) is 53.6 Å². The number of aryl methyl sites for hydroxylation is 1. The molecule has 0 aromatic heterocycles. The van der Waals surface area contributed by atoms with Gasteiger partial charge in [-0.05, 0) is 54.4 Å². The molecule has 1 amide bonds. The Bertz CT molecular complexity index is 970. The van der Waals surface area contributed by atoms with Gasteiger partial charge in [0.25, 0.3) is 5.91 Å². The molecule has 0 saturated heterocycles. The summed E-state index contributed by atoms with van der Waals surface area (Å²) < 4.78 is 5.83. The molecule has 3 rings (SSSR count). The molecule has 3 aromatic rings. The number of benzene rings is 3. The Morgan fingerprint density at radius 1 is 1.07 bits per heavy atom. The van der Waals surface area contributed by atoms with Crippen molar-refractivity contribution in [3.8, 4) is 5.75 Å². The number of nitrogens with zero attached hydrogens (tertiary/aromatic N) is 1. The van der Waals surface area contributed by atoms with Crippen LogP contribution in [0.25, 0.3) is 0 Å². The molecule has 0 aliphatic carbocycles. The Hall–Kier alpha value is -3.31. The highest BCUT2D eigenvalue weighted by molar-refractivity contribution is 6.30. The number of hydrazone groups is 1. The smallest absolute Gasteiger partial charge is 0.259 e. The maximum absolute atomic E-state index is 11.9. The first kappa shape index (κ1) is 20.4. The van der Waals surface area contributed by atoms with Crippen LogP contribution in [-0.4, -0.2) is 18.7 Å². The fraction of sp³-hybridized carbons (Fsp3) is 0.130. The molecule has 148 valence electrons. The second-order valence-electron chi connectivity index (χ2n) is 6.50. The lowest BCUT2D eigenvalue weighted by molar-refractivity contribution is -0.119. The summed E-state index contributed by atoms with van der Waals surface area (Å²) in [5.41, 5.74) is 6.47. The fourth-order valence-corrected chi connectivity index (χ4v) is 2.63. The maximum Gasteiger partial charge on any atom is 0.259 e. The van der Waals surface area contributed by atoms with Crippen LogP contribution < -0.4 is 15.5 Å². The van der Waals surface area contributed by atoms with E-state index in [0.29, 0.717) is 11.6 Å². The molecular weight excluding hydrogens is 386 g/mol. The molecule has 0 atom stereocenters. The first-order valence-electron chi connectivity index (χ1n) is 9.18. The van der Waals surface area contributed by atoms with Gasteiger partial charge < -0.3 is 10.1 Å². The Morgan fingerprint density at radius 3 is 2.59 bits per heavy atom. The summed E-state index contributed by atoms with van der Waals surface area (Å²) in [4.78, 5) is 11.9. The van der Waals surface area contributed by atoms with E-state index in [4.69, 9.17) is 16.3 Å². The molecule has 0 saturated carbocycles. The van der Waals surface area contributed by atoms with Crippen LogP contribution in [-0.2, 0) is 11.4 Å². The van der Waals surface area contributed by atoms with Crippen molar-refractivity contribution in [3.63, 3.8) is 0 Å². The van der Waals surface area contributed by atoms with Gasteiger partial charge in [0.15, 0.2) is 0 Å². The lowest BCUT2D eigenvalue weighted by Crippen LogP contribution is -2.25. The van der Waals surface area contributed by atoms with Crippen molar-refractivity contribution < 1.29 is 9.53 Å². The number of rotatable bonds is 8. The molecule has 0 spiro atoms. The highest BCUT2D eigenvalue weighted by Crippen LogP contribution is 2.15. The van der Waals surface area contributed by atoms with Gasteiger partial charge in [-0.25, -0.2) is 5.43 Å². The molecule has 0 bridgehead atoms. The van der Waals surface area contributed by atoms with Gasteiger partial charge in [-0.2, -0.15) is 5.10 Å². The van der Waals surface area contributed by atoms with Gasteiger partial charge in [0.2, 0.25) is 0 Å². The van der Waals surface area contributed by atoms with Crippen molar-refractivity contribution in [2.75, 3.05) is 11.9 Å². The predicted molar refractivity (Wildman–Crippen MR) is 118 cm³/mol. The van der Waals surface area contributed by atoms with Crippen LogP contribution in [0.3, 0.4) is 0 Å². The van der Waals surface area contributed by atoms with Crippen LogP contribution in [0.4, 0.5) is 5.69 Å². The number of ether oxygens (including phenoxy) is 1. The molecule has 29 heavy (non-hydrogen) atoms. The molecule has 0 fully saturated rings. The number of amides is 1. The highest BCUT2D eigenvalue weighted by Gasteiger charge is 2.00. The zero-order valence-corrected chi connectivity index (χ0v) is 16.8. The van der Waals surface area contributed by atoms with Crippen molar-refractivity contribution >= 4 is 29.4 Å². The summed E-state index contributed by atoms with van der Waals surface area (Å²) in [6.07, 6.45) is 1.58. The summed E-state index contributed by atoms with van der Waals surface area (Å²) in [7, 11) is 0. The van der Waals surface area contributed by atoms with E-state index in [1.165, 1.54) is 5.56 Å². The van der Waals surface area contributed by atoms with Crippen molar-refractivity contribution in [1.29, 1.82) is 0 Å². The number of nitrogens with one attached hydrogen (secondary N) is 2. The van der Waals surface area contributed by atoms with Crippen LogP contribution >= 0.6 is 11.6 Å². The predicted octanol–water partition coefficient (Wildman–Crippen LogP) is 4.79. The third-order valence-corrected chi connectivity index (χ3v) is 4.34. The third-order valence-electron chi connectivity index (χ3n) is 4.08. The molecule has 0 heterocycles. The van der Waals surface area contributed by atoms with Crippen molar-refractivity contribution in [2.45, 2.75) is 13.5 Å². The van der Waals surface area contributed by atoms with Gasteiger partial charge in [0.1, 0.15) is 12.4 Å². The number of anilines is 1. The summed E-state index contributed by atoms with van der Waals surface area (Å²) in [5.74, 6) is 0.494. The summed E-state index contributed by atoms with van der Waals surface area (Å²) in [6.45, 7) is 2.66. The Kier molecular flexibility index (Phi) is 7.25. The minimum Gasteiger partial charge on any atom is -0.489 e. The van der Waals surface area contributed by atoms with Crippen LogP contribution in [0.2, 0.25) is 5.02 Å². The molecule has 2 N–H and O–H groups in total. The largest absolute Gasteiger partial charge is 0.489 e. The third kappa shape index (κ3) is 6.97. The highest BCUT2D eigenvalue weighted by atomic mass is 35.5. The number of carbonyl (C=O) groups excluding carboxylic acids is 1. The van der Waals surface area contributed by atoms with Crippen LogP contribution in [0.5, 0.6) is 5.75 Å². The normalized spacial score (nSPS) is 10.7. The van der Waals surface area contributed by atoms with E-state index in [-0.39, 0.29) is 12.5 Å². The number of carbonyl (C=O) groups is 1. The number of hydrogen-bond acceptors (Lipinski definition) is 4. The maximum atomic E-state index is 11.9. The lowest BCUT2D eigenvalue weighted by atomic mass is 10.2. The lowest BCUT2D eigenvalue weighted by Gasteiger charge is -2.07. The summed E-state index contributed by atoms with van der Waals surface area (Å²) in [5, 5.41) is 7.64. The molecule has 3 aromatic carbocycles. The van der Waals surface area contributed by atoms with Crippen LogP contribution in [0, 0.1) is 6.92 Å². The standard InChI is InChI=1S/C23H22ClN3O2/c1-17-5-7-18(8-6-17)16-29-22-4-2-3-19(13-22)14-26-27-23(28)15-25-21-11-9-20(24)10-12-21/h2-14,25H,15-16H2,1H3,(H,27,28)/b26-14-. The molecular formula is C23H22ClN3O2. The van der Waals surface area contributed by atoms with E-state index < -0.39 is 0 Å². The zero-order chi connectivity index (χ0) is 20.5. The monoisotopic (exact) mass is 407 g/mol. The van der Waals surface area contributed by atoms with Gasteiger partial charge in [0.05, 0.1) is 12.8 Å². The summed E-state index contributed by atoms with van der Waals surface area (Å²) in [6, 6.07) is 22.9. The van der Waals surface area contributed by atoms with Gasteiger partial charge in [-0.15, -0.1) is 0 Å². The van der Waals surface area contributed by atoms with E-state index >= 15 is 0 Å². The Labute approximate surface area is 175 Å². The number of halogens is 1. The minimum atomic E-state index is -0.247. The number of hydrogen-bond donors (Lipinski definition) is 2. The summed E-state index contributed by atoms with van der Waals surface area (Å²) >= 11 is 5.83. The average Bonchev–Trinajstić information content (AvgIpc) is 2.73. The first-order chi connectivity index (χ1) is 14.1. The SMILES string of the molecule is Cc1ccc(COc2cccc(/C=N\NC(=O)CNc3ccc(Cl)cc3)c2)cc1. The van der Waals surface area contributed by atoms with Gasteiger partial charge in [-0.3, -0.25) is 4.79 Å². The van der Waals surface area contributed by atoms with Crippen molar-refractivity contribution in [3.05, 3.63) is 94.5 Å². The Balaban J connectivity index is 1.46. The molecule has 0 unspecified atom stereocenters. The molecule has 0 radical (unpaired) electrons. The zero-order valence-electron chi connectivity index (χ0n) is 16.1.